The van der Waals surface area contributed by atoms with Gasteiger partial charge in [-0.25, -0.2) is 14.0 Å². The van der Waals surface area contributed by atoms with Crippen LogP contribution in [-0.2, 0) is 19.6 Å². The lowest BCUT2D eigenvalue weighted by molar-refractivity contribution is 0.0555. The second-order valence-electron chi connectivity index (χ2n) is 10.3. The van der Waals surface area contributed by atoms with Crippen molar-refractivity contribution < 1.29 is 29.6 Å². The lowest BCUT2D eigenvalue weighted by atomic mass is 9.74. The molecule has 1 aromatic rings. The van der Waals surface area contributed by atoms with Gasteiger partial charge in [-0.3, -0.25) is 4.90 Å². The molecule has 0 radical (unpaired) electrons. The number of fused-ring (bicyclic) bond motifs is 2. The molecule has 35 heavy (non-hydrogen) atoms. The normalized spacial score (nSPS) is 24.6. The van der Waals surface area contributed by atoms with Crippen molar-refractivity contribution in [2.45, 2.75) is 63.0 Å². The topological polar surface area (TPSA) is 71.6 Å². The summed E-state index contributed by atoms with van der Waals surface area (Å²) in [7, 11) is 0. The molecule has 1 aromatic carbocycles. The molecule has 0 saturated carbocycles. The Hall–Kier alpha value is -2.39. The van der Waals surface area contributed by atoms with Crippen LogP contribution in [0.4, 0.5) is 19.7 Å². The molecule has 9 heteroatoms. The third-order valence-corrected chi connectivity index (χ3v) is 8.08. The highest BCUT2D eigenvalue weighted by Gasteiger charge is 2.48. The third-order valence-electron chi connectivity index (χ3n) is 8.08. The SMILES string of the molecule is CCCOC(=O)N1CCC(N2CCC3(CC2)CN(C(=O)O[C@H]2CCOC2)c2ccc(F)cc23)CC1.[HH]. The zero-order valence-electron chi connectivity index (χ0n) is 20.5. The summed E-state index contributed by atoms with van der Waals surface area (Å²) >= 11 is 0. The van der Waals surface area contributed by atoms with Crippen LogP contribution in [-0.4, -0.2) is 86.7 Å². The van der Waals surface area contributed by atoms with Crippen LogP contribution in [0.15, 0.2) is 18.2 Å². The predicted octanol–water partition coefficient (Wildman–Crippen LogP) is 4.16. The Morgan fingerprint density at radius 1 is 1.14 bits per heavy atom. The first-order valence-corrected chi connectivity index (χ1v) is 13.0. The van der Waals surface area contributed by atoms with Gasteiger partial charge in [0.05, 0.1) is 25.5 Å². The van der Waals surface area contributed by atoms with Gasteiger partial charge in [0.1, 0.15) is 11.9 Å². The number of amides is 2. The molecule has 0 aromatic heterocycles. The molecule has 0 N–H and O–H groups in total. The van der Waals surface area contributed by atoms with E-state index in [0.717, 1.165) is 56.4 Å². The van der Waals surface area contributed by atoms with Gasteiger partial charge in [-0.15, -0.1) is 0 Å². The zero-order valence-corrected chi connectivity index (χ0v) is 20.5. The van der Waals surface area contributed by atoms with Crippen LogP contribution >= 0.6 is 0 Å². The summed E-state index contributed by atoms with van der Waals surface area (Å²) in [6, 6.07) is 5.17. The van der Waals surface area contributed by atoms with Crippen molar-refractivity contribution >= 4 is 17.9 Å². The number of hydrogen-bond acceptors (Lipinski definition) is 6. The van der Waals surface area contributed by atoms with E-state index in [1.807, 2.05) is 11.8 Å². The number of halogens is 1. The third kappa shape index (κ3) is 4.98. The lowest BCUT2D eigenvalue weighted by Gasteiger charge is -2.45. The minimum absolute atomic E-state index is 0. The summed E-state index contributed by atoms with van der Waals surface area (Å²) in [6.45, 7) is 7.24. The van der Waals surface area contributed by atoms with Crippen LogP contribution in [0.1, 0.15) is 52.4 Å². The van der Waals surface area contributed by atoms with Gasteiger partial charge >= 0.3 is 12.2 Å². The van der Waals surface area contributed by atoms with Gasteiger partial charge in [0.2, 0.25) is 0 Å². The highest BCUT2D eigenvalue weighted by Crippen LogP contribution is 2.48. The fraction of sp³-hybridized carbons (Fsp3) is 0.692. The molecule has 1 spiro atoms. The van der Waals surface area contributed by atoms with Gasteiger partial charge in [0.15, 0.2) is 0 Å². The molecule has 3 fully saturated rings. The van der Waals surface area contributed by atoms with Crippen LogP contribution in [0.5, 0.6) is 0 Å². The van der Waals surface area contributed by atoms with Crippen LogP contribution in [0.25, 0.3) is 0 Å². The van der Waals surface area contributed by atoms with E-state index in [1.54, 1.807) is 17.0 Å². The molecule has 0 unspecified atom stereocenters. The van der Waals surface area contributed by atoms with E-state index in [-0.39, 0.29) is 30.9 Å². The van der Waals surface area contributed by atoms with E-state index < -0.39 is 0 Å². The van der Waals surface area contributed by atoms with E-state index in [4.69, 9.17) is 14.2 Å². The average molecular weight is 492 g/mol. The van der Waals surface area contributed by atoms with E-state index in [1.165, 1.54) is 6.07 Å². The fourth-order valence-corrected chi connectivity index (χ4v) is 6.06. The number of nitrogens with zero attached hydrogens (tertiary/aromatic N) is 3. The van der Waals surface area contributed by atoms with E-state index >= 15 is 0 Å². The molecule has 4 aliphatic heterocycles. The number of rotatable bonds is 4. The summed E-state index contributed by atoms with van der Waals surface area (Å²) in [4.78, 5) is 31.2. The van der Waals surface area contributed by atoms with Gasteiger partial charge in [0, 0.05) is 38.9 Å². The minimum Gasteiger partial charge on any atom is -0.449 e. The number of hydrogen-bond donors (Lipinski definition) is 0. The van der Waals surface area contributed by atoms with Crippen molar-refractivity contribution in [3.05, 3.63) is 29.6 Å². The fourth-order valence-electron chi connectivity index (χ4n) is 6.06. The quantitative estimate of drug-likeness (QED) is 0.630. The number of carbonyl (C=O) groups excluding carboxylic acids is 2. The monoisotopic (exact) mass is 491 g/mol. The summed E-state index contributed by atoms with van der Waals surface area (Å²) in [6.07, 6.45) is 4.34. The van der Waals surface area contributed by atoms with Crippen molar-refractivity contribution in [3.63, 3.8) is 0 Å². The Bertz CT molecular complexity index is 928. The first-order chi connectivity index (χ1) is 17.0. The maximum atomic E-state index is 14.3. The molecule has 4 heterocycles. The molecular formula is C26H38FN3O5. The standard InChI is InChI=1S/C26H36FN3O5.H2/c1-2-14-34-24(31)29-10-5-20(6-11-29)28-12-8-26(9-13-28)18-30(23-4-3-19(27)16-22(23)26)25(32)35-21-7-15-33-17-21;/h3-4,16,20-21H,2,5-15,17-18H2,1H3;1H/t21-;/m0./s1. The first kappa shape index (κ1) is 24.3. The molecule has 3 saturated heterocycles. The highest BCUT2D eigenvalue weighted by atomic mass is 19.1. The smallest absolute Gasteiger partial charge is 0.414 e. The van der Waals surface area contributed by atoms with Crippen LogP contribution in [0, 0.1) is 5.82 Å². The Balaban J connectivity index is 0.00000304. The van der Waals surface area contributed by atoms with E-state index in [0.29, 0.717) is 51.9 Å². The maximum Gasteiger partial charge on any atom is 0.414 e. The van der Waals surface area contributed by atoms with Crippen molar-refractivity contribution in [1.29, 1.82) is 0 Å². The molecule has 1 atom stereocenters. The largest absolute Gasteiger partial charge is 0.449 e. The molecule has 0 aliphatic carbocycles. The Kier molecular flexibility index (Phi) is 7.16. The molecule has 194 valence electrons. The number of anilines is 1. The summed E-state index contributed by atoms with van der Waals surface area (Å²) < 4.78 is 30.6. The van der Waals surface area contributed by atoms with Gasteiger partial charge in [-0.1, -0.05) is 6.92 Å². The molecule has 0 bridgehead atoms. The molecule has 2 amide bonds. The van der Waals surface area contributed by atoms with Crippen LogP contribution in [0.2, 0.25) is 0 Å². The summed E-state index contributed by atoms with van der Waals surface area (Å²) in [5.74, 6) is -0.271. The number of ether oxygens (including phenoxy) is 3. The summed E-state index contributed by atoms with van der Waals surface area (Å²) in [5.41, 5.74) is 1.43. The molecule has 8 nitrogen and oxygen atoms in total. The average Bonchev–Trinajstić information content (AvgIpc) is 3.49. The minimum atomic E-state index is -0.366. The zero-order chi connectivity index (χ0) is 24.4. The summed E-state index contributed by atoms with van der Waals surface area (Å²) in [5, 5.41) is 0. The van der Waals surface area contributed by atoms with Crippen molar-refractivity contribution in [1.82, 2.24) is 9.80 Å². The lowest BCUT2D eigenvalue weighted by Crippen LogP contribution is -2.52. The Labute approximate surface area is 207 Å². The van der Waals surface area contributed by atoms with E-state index in [9.17, 15) is 14.0 Å². The maximum absolute atomic E-state index is 14.3. The Morgan fingerprint density at radius 3 is 2.60 bits per heavy atom. The van der Waals surface area contributed by atoms with Crippen LogP contribution < -0.4 is 4.90 Å². The van der Waals surface area contributed by atoms with Gasteiger partial charge in [-0.2, -0.15) is 0 Å². The predicted molar refractivity (Wildman–Crippen MR) is 130 cm³/mol. The van der Waals surface area contributed by atoms with Gasteiger partial charge < -0.3 is 24.0 Å². The number of benzene rings is 1. The highest BCUT2D eigenvalue weighted by molar-refractivity contribution is 5.91. The second kappa shape index (κ2) is 10.3. The van der Waals surface area contributed by atoms with Gasteiger partial charge in [-0.05, 0) is 69.0 Å². The van der Waals surface area contributed by atoms with Crippen molar-refractivity contribution in [2.24, 2.45) is 0 Å². The molecular weight excluding hydrogens is 453 g/mol. The van der Waals surface area contributed by atoms with E-state index in [2.05, 4.69) is 4.90 Å². The first-order valence-electron chi connectivity index (χ1n) is 13.0. The second-order valence-corrected chi connectivity index (χ2v) is 10.3. The van der Waals surface area contributed by atoms with Gasteiger partial charge in [0.25, 0.3) is 0 Å². The molecule has 4 aliphatic rings. The molecule has 5 rings (SSSR count). The number of carbonyl (C=O) groups is 2. The Morgan fingerprint density at radius 2 is 1.91 bits per heavy atom. The number of piperidine rings is 2. The van der Waals surface area contributed by atoms with Crippen molar-refractivity contribution in [3.8, 4) is 0 Å². The number of likely N-dealkylation sites (tertiary alicyclic amines) is 2. The van der Waals surface area contributed by atoms with Crippen molar-refractivity contribution in [2.75, 3.05) is 57.4 Å². The van der Waals surface area contributed by atoms with Crippen LogP contribution in [0.3, 0.4) is 0 Å².